The minimum Gasteiger partial charge on any atom is -0.418 e. The van der Waals surface area contributed by atoms with Gasteiger partial charge in [-0.05, 0) is 30.7 Å². The van der Waals surface area contributed by atoms with Gasteiger partial charge in [0.15, 0.2) is 0 Å². The van der Waals surface area contributed by atoms with Crippen LogP contribution in [-0.2, 0) is 16.1 Å². The topological polar surface area (TPSA) is 109 Å². The molecular formula is C19H23N5O4S. The highest BCUT2D eigenvalue weighted by Gasteiger charge is 2.52. The molecule has 0 unspecified atom stereocenters. The van der Waals surface area contributed by atoms with Gasteiger partial charge in [-0.3, -0.25) is 14.5 Å². The summed E-state index contributed by atoms with van der Waals surface area (Å²) in [4.78, 5) is 41.5. The lowest BCUT2D eigenvalue weighted by molar-refractivity contribution is -0.139. The second-order valence-corrected chi connectivity index (χ2v) is 8.35. The second-order valence-electron chi connectivity index (χ2n) is 7.40. The molecule has 4 rings (SSSR count). The van der Waals surface area contributed by atoms with E-state index < -0.39 is 11.6 Å². The molecule has 10 heteroatoms. The highest BCUT2D eigenvalue weighted by Crippen LogP contribution is 2.35. The van der Waals surface area contributed by atoms with Crippen molar-refractivity contribution in [3.8, 4) is 10.8 Å². The molecule has 1 saturated heterocycles. The van der Waals surface area contributed by atoms with E-state index in [-0.39, 0.29) is 24.9 Å². The highest BCUT2D eigenvalue weighted by atomic mass is 32.1. The molecular weight excluding hydrogens is 394 g/mol. The van der Waals surface area contributed by atoms with Crippen LogP contribution in [0, 0.1) is 0 Å². The number of hydrogen-bond donors (Lipinski definition) is 1. The minimum atomic E-state index is -0.810. The van der Waals surface area contributed by atoms with Crippen LogP contribution < -0.4 is 5.32 Å². The summed E-state index contributed by atoms with van der Waals surface area (Å²) in [6, 6.07) is 3.29. The van der Waals surface area contributed by atoms with Crippen molar-refractivity contribution in [1.29, 1.82) is 0 Å². The molecule has 0 radical (unpaired) electrons. The normalized spacial score (nSPS) is 17.9. The molecule has 3 heterocycles. The van der Waals surface area contributed by atoms with Gasteiger partial charge >= 0.3 is 6.03 Å². The number of amides is 4. The van der Waals surface area contributed by atoms with Crippen molar-refractivity contribution in [2.45, 2.75) is 51.1 Å². The number of urea groups is 1. The lowest BCUT2D eigenvalue weighted by atomic mass is 9.98. The van der Waals surface area contributed by atoms with Crippen molar-refractivity contribution in [2.24, 2.45) is 0 Å². The van der Waals surface area contributed by atoms with Gasteiger partial charge in [-0.25, -0.2) is 4.79 Å². The van der Waals surface area contributed by atoms with Gasteiger partial charge in [-0.15, -0.1) is 21.5 Å². The number of carbonyl (C=O) groups excluding carboxylic acids is 3. The number of nitrogens with one attached hydrogen (secondary N) is 1. The third-order valence-corrected chi connectivity index (χ3v) is 6.23. The molecule has 2 aromatic rings. The molecule has 0 bridgehead atoms. The van der Waals surface area contributed by atoms with Gasteiger partial charge < -0.3 is 14.6 Å². The molecule has 154 valence electrons. The van der Waals surface area contributed by atoms with Crippen molar-refractivity contribution >= 4 is 29.2 Å². The van der Waals surface area contributed by atoms with E-state index in [0.29, 0.717) is 31.2 Å². The Kier molecular flexibility index (Phi) is 5.35. The number of aromatic nitrogens is 2. The van der Waals surface area contributed by atoms with Gasteiger partial charge in [0.25, 0.3) is 11.8 Å². The first-order valence-electron chi connectivity index (χ1n) is 9.80. The lowest BCUT2D eigenvalue weighted by Gasteiger charge is -2.23. The summed E-state index contributed by atoms with van der Waals surface area (Å²) >= 11 is 1.49. The summed E-state index contributed by atoms with van der Waals surface area (Å²) in [5.41, 5.74) is -0.810. The maximum absolute atomic E-state index is 12.9. The summed E-state index contributed by atoms with van der Waals surface area (Å²) in [6.07, 6.45) is 3.80. The molecule has 0 atom stereocenters. The number of thiophene rings is 1. The number of imide groups is 1. The first kappa shape index (κ1) is 19.6. The highest BCUT2D eigenvalue weighted by molar-refractivity contribution is 7.13. The Morgan fingerprint density at radius 1 is 1.34 bits per heavy atom. The maximum atomic E-state index is 12.9. The zero-order valence-electron chi connectivity index (χ0n) is 16.2. The van der Waals surface area contributed by atoms with Crippen LogP contribution in [0.3, 0.4) is 0 Å². The second kappa shape index (κ2) is 7.94. The van der Waals surface area contributed by atoms with Crippen LogP contribution in [0.2, 0.25) is 0 Å². The number of nitrogens with zero attached hydrogens (tertiary/aromatic N) is 4. The fraction of sp³-hybridized carbons (Fsp3) is 0.526. The largest absolute Gasteiger partial charge is 0.418 e. The predicted octanol–water partition coefficient (Wildman–Crippen LogP) is 2.40. The summed E-state index contributed by atoms with van der Waals surface area (Å²) in [5, 5.41) is 12.8. The molecule has 2 aromatic heterocycles. The summed E-state index contributed by atoms with van der Waals surface area (Å²) in [5.74, 6) is 0.125. The fourth-order valence-corrected chi connectivity index (χ4v) is 4.56. The summed E-state index contributed by atoms with van der Waals surface area (Å²) in [7, 11) is 0. The van der Waals surface area contributed by atoms with E-state index in [4.69, 9.17) is 4.42 Å². The van der Waals surface area contributed by atoms with Crippen LogP contribution in [0.5, 0.6) is 0 Å². The van der Waals surface area contributed by atoms with E-state index in [1.54, 1.807) is 4.90 Å². The van der Waals surface area contributed by atoms with Crippen LogP contribution in [0.25, 0.3) is 10.8 Å². The van der Waals surface area contributed by atoms with Crippen LogP contribution in [0.1, 0.15) is 44.9 Å². The SMILES string of the molecule is CCCN(Cc1nnc(-c2cccs2)o1)C(=O)CN1C(=O)NC2(CCCC2)C1=O. The monoisotopic (exact) mass is 417 g/mol. The molecule has 4 amide bonds. The zero-order chi connectivity index (χ0) is 20.4. The molecule has 1 saturated carbocycles. The van der Waals surface area contributed by atoms with Gasteiger partial charge in [-0.1, -0.05) is 25.8 Å². The van der Waals surface area contributed by atoms with Crippen molar-refractivity contribution < 1.29 is 18.8 Å². The van der Waals surface area contributed by atoms with Gasteiger partial charge in [0.05, 0.1) is 11.4 Å². The van der Waals surface area contributed by atoms with E-state index in [1.165, 1.54) is 11.3 Å². The minimum absolute atomic E-state index is 0.139. The first-order valence-corrected chi connectivity index (χ1v) is 10.7. The van der Waals surface area contributed by atoms with Crippen molar-refractivity contribution in [1.82, 2.24) is 25.3 Å². The number of carbonyl (C=O) groups is 3. The Bertz CT molecular complexity index is 904. The fourth-order valence-electron chi connectivity index (χ4n) is 3.91. The van der Waals surface area contributed by atoms with Gasteiger partial charge in [0, 0.05) is 6.54 Å². The quantitative estimate of drug-likeness (QED) is 0.693. The molecule has 2 fully saturated rings. The van der Waals surface area contributed by atoms with E-state index >= 15 is 0 Å². The summed E-state index contributed by atoms with van der Waals surface area (Å²) < 4.78 is 5.68. The van der Waals surface area contributed by atoms with Crippen molar-refractivity contribution in [2.75, 3.05) is 13.1 Å². The third-order valence-electron chi connectivity index (χ3n) is 5.37. The zero-order valence-corrected chi connectivity index (χ0v) is 17.0. The molecule has 9 nitrogen and oxygen atoms in total. The molecule has 1 spiro atoms. The van der Waals surface area contributed by atoms with Crippen molar-refractivity contribution in [3.05, 3.63) is 23.4 Å². The van der Waals surface area contributed by atoms with Gasteiger partial charge in [-0.2, -0.15) is 0 Å². The van der Waals surface area contributed by atoms with Crippen molar-refractivity contribution in [3.63, 3.8) is 0 Å². The molecule has 1 aliphatic carbocycles. The van der Waals surface area contributed by atoms with Crippen LogP contribution >= 0.6 is 11.3 Å². The Labute approximate surface area is 172 Å². The van der Waals surface area contributed by atoms with Crippen LogP contribution in [0.15, 0.2) is 21.9 Å². The van der Waals surface area contributed by atoms with Gasteiger partial charge in [0.1, 0.15) is 12.1 Å². The predicted molar refractivity (Wildman–Crippen MR) is 105 cm³/mol. The van der Waals surface area contributed by atoms with E-state index in [1.807, 2.05) is 24.4 Å². The van der Waals surface area contributed by atoms with Crippen LogP contribution in [-0.4, -0.2) is 56.5 Å². The number of rotatable bonds is 7. The van der Waals surface area contributed by atoms with E-state index in [2.05, 4.69) is 15.5 Å². The maximum Gasteiger partial charge on any atom is 0.325 e. The summed E-state index contributed by atoms with van der Waals surface area (Å²) in [6.45, 7) is 2.27. The molecule has 29 heavy (non-hydrogen) atoms. The first-order chi connectivity index (χ1) is 14.0. The Morgan fingerprint density at radius 2 is 2.14 bits per heavy atom. The van der Waals surface area contributed by atoms with E-state index in [0.717, 1.165) is 29.0 Å². The standard InChI is InChI=1S/C19H23N5O4S/c1-2-9-23(11-14-21-22-16(28-14)13-6-5-10-29-13)15(25)12-24-17(26)19(20-18(24)27)7-3-4-8-19/h5-6,10H,2-4,7-9,11-12H2,1H3,(H,20,27). The molecule has 1 aliphatic heterocycles. The average molecular weight is 417 g/mol. The molecule has 0 aromatic carbocycles. The smallest absolute Gasteiger partial charge is 0.325 e. The Balaban J connectivity index is 1.44. The Morgan fingerprint density at radius 3 is 2.83 bits per heavy atom. The number of hydrogen-bond acceptors (Lipinski definition) is 7. The Hall–Kier alpha value is -2.75. The average Bonchev–Trinajstić information content (AvgIpc) is 3.48. The van der Waals surface area contributed by atoms with E-state index in [9.17, 15) is 14.4 Å². The third kappa shape index (κ3) is 3.76. The van der Waals surface area contributed by atoms with Crippen LogP contribution in [0.4, 0.5) is 4.79 Å². The lowest BCUT2D eigenvalue weighted by Crippen LogP contribution is -2.46. The molecule has 1 N–H and O–H groups in total. The van der Waals surface area contributed by atoms with Gasteiger partial charge in [0.2, 0.25) is 11.8 Å². The molecule has 2 aliphatic rings.